The van der Waals surface area contributed by atoms with E-state index >= 15 is 0 Å². The van der Waals surface area contributed by atoms with Crippen molar-refractivity contribution in [2.24, 2.45) is 23.7 Å². The molecular formula is C26H34O8Y2-2. The van der Waals surface area contributed by atoms with Gasteiger partial charge in [0.15, 0.2) is 0 Å². The maximum absolute atomic E-state index is 11.9. The molecule has 194 valence electrons. The van der Waals surface area contributed by atoms with Crippen LogP contribution >= 0.6 is 0 Å². The van der Waals surface area contributed by atoms with Crippen molar-refractivity contribution in [3.63, 3.8) is 0 Å². The molecule has 0 heterocycles. The maximum Gasteiger partial charge on any atom is 0.331 e. The molecular weight excluding hydrogens is 618 g/mol. The zero-order valence-electron chi connectivity index (χ0n) is 20.8. The van der Waals surface area contributed by atoms with Gasteiger partial charge < -0.3 is 31.1 Å². The van der Waals surface area contributed by atoms with Gasteiger partial charge in [0.2, 0.25) is 0 Å². The van der Waals surface area contributed by atoms with E-state index in [1.54, 1.807) is 0 Å². The third-order valence-electron chi connectivity index (χ3n) is 6.40. The molecule has 0 atom stereocenters. The number of esters is 4. The largest absolute Gasteiger partial charge is 0.490 e. The molecule has 0 aromatic heterocycles. The van der Waals surface area contributed by atoms with Gasteiger partial charge in [0.1, 0.15) is 11.9 Å². The molecule has 0 aliphatic heterocycles. The van der Waals surface area contributed by atoms with E-state index in [0.717, 1.165) is 63.5 Å². The Morgan fingerprint density at radius 2 is 0.806 bits per heavy atom. The molecule has 2 radical (unpaired) electrons. The van der Waals surface area contributed by atoms with Crippen LogP contribution in [0.2, 0.25) is 0 Å². The fraction of sp³-hybridized carbons (Fsp3) is 0.615. The Labute approximate surface area is 264 Å². The van der Waals surface area contributed by atoms with E-state index in [4.69, 9.17) is 18.9 Å². The first-order chi connectivity index (χ1) is 16.4. The summed E-state index contributed by atoms with van der Waals surface area (Å²) in [7, 11) is 0. The van der Waals surface area contributed by atoms with Gasteiger partial charge in [-0.05, 0) is 75.0 Å². The van der Waals surface area contributed by atoms with E-state index in [0.29, 0.717) is 38.3 Å². The van der Waals surface area contributed by atoms with Gasteiger partial charge in [-0.2, -0.15) is 0 Å². The van der Waals surface area contributed by atoms with Gasteiger partial charge in [0.25, 0.3) is 0 Å². The number of ether oxygens (including phenoxy) is 4. The normalized spacial score (nSPS) is 23.2. The number of carbonyl (C=O) groups excluding carboxylic acids is 4. The van der Waals surface area contributed by atoms with Crippen molar-refractivity contribution < 1.29 is 104 Å². The van der Waals surface area contributed by atoms with Gasteiger partial charge in [-0.15, -0.1) is 0 Å². The van der Waals surface area contributed by atoms with Gasteiger partial charge in [0.05, 0.1) is 26.4 Å². The Morgan fingerprint density at radius 3 is 1.06 bits per heavy atom. The summed E-state index contributed by atoms with van der Waals surface area (Å²) in [5.41, 5.74) is 0. The van der Waals surface area contributed by atoms with E-state index in [1.165, 1.54) is 0 Å². The Kier molecular flexibility index (Phi) is 19.9. The molecule has 36 heavy (non-hydrogen) atoms. The molecule has 2 rings (SSSR count). The molecule has 0 saturated heterocycles. The van der Waals surface area contributed by atoms with Crippen molar-refractivity contribution in [1.29, 1.82) is 0 Å². The number of hydrogen-bond donors (Lipinski definition) is 0. The van der Waals surface area contributed by atoms with Crippen molar-refractivity contribution in [2.75, 3.05) is 26.4 Å². The van der Waals surface area contributed by atoms with Crippen molar-refractivity contribution in [1.82, 2.24) is 0 Å². The van der Waals surface area contributed by atoms with E-state index in [-0.39, 0.29) is 77.3 Å². The predicted octanol–water partition coefficient (Wildman–Crippen LogP) is 3.30. The van der Waals surface area contributed by atoms with E-state index in [1.807, 2.05) is 0 Å². The van der Waals surface area contributed by atoms with Crippen molar-refractivity contribution in [3.8, 4) is 0 Å². The summed E-state index contributed by atoms with van der Waals surface area (Å²) in [5.74, 6) is -1.06. The minimum Gasteiger partial charge on any atom is -0.490 e. The minimum atomic E-state index is -0.568. The average molecular weight is 652 g/mol. The Hall–Kier alpha value is -0.692. The summed E-state index contributed by atoms with van der Waals surface area (Å²) < 4.78 is 20.6. The molecule has 0 aromatic rings. The second-order valence-corrected chi connectivity index (χ2v) is 8.92. The maximum atomic E-state index is 11.9. The molecule has 2 aliphatic carbocycles. The molecule has 10 heteroatoms. The zero-order valence-corrected chi connectivity index (χ0v) is 26.5. The van der Waals surface area contributed by atoms with Gasteiger partial charge in [-0.3, -0.25) is 22.7 Å². The zero-order chi connectivity index (χ0) is 24.8. The SMILES string of the molecule is C=[C-]C(=O)OCC1CCC(COC(=O)/C=C\C(=O)OCC2CCC(COC(=O)[C-]=C)CC2)CC1.[Y].[Y]. The van der Waals surface area contributed by atoms with Crippen molar-refractivity contribution >= 4 is 23.9 Å². The molecule has 0 unspecified atom stereocenters. The molecule has 0 amide bonds. The fourth-order valence-electron chi connectivity index (χ4n) is 4.25. The molecule has 2 saturated carbocycles. The average Bonchev–Trinajstić information content (AvgIpc) is 2.87. The fourth-order valence-corrected chi connectivity index (χ4v) is 4.25. The monoisotopic (exact) mass is 652 g/mol. The molecule has 2 aliphatic rings. The summed E-state index contributed by atoms with van der Waals surface area (Å²) in [6, 6.07) is 0. The Morgan fingerprint density at radius 1 is 0.556 bits per heavy atom. The molecule has 0 spiro atoms. The summed E-state index contributed by atoms with van der Waals surface area (Å²) in [5, 5.41) is 0. The first kappa shape index (κ1) is 35.3. The second kappa shape index (κ2) is 20.3. The standard InChI is InChI=1S/C26H34O8.2Y/c1-3-23(27)31-15-19-5-9-21(10-6-19)17-33-25(29)13-14-26(30)34-18-22-11-7-20(8-12-22)16-32-24(28)4-2;;/h13-14,19-22H,1-2,5-12,15-18H2;;/q-2;;/b14-13-;;. The minimum absolute atomic E-state index is 0. The number of rotatable bonds is 12. The first-order valence-corrected chi connectivity index (χ1v) is 11.8. The number of carbonyl (C=O) groups is 4. The molecule has 0 bridgehead atoms. The Bertz CT molecular complexity index is 689. The van der Waals surface area contributed by atoms with Crippen molar-refractivity contribution in [3.05, 3.63) is 37.5 Å². The van der Waals surface area contributed by atoms with Crippen LogP contribution in [0.3, 0.4) is 0 Å². The smallest absolute Gasteiger partial charge is 0.331 e. The quantitative estimate of drug-likeness (QED) is 0.137. The molecule has 0 aromatic carbocycles. The summed E-state index contributed by atoms with van der Waals surface area (Å²) >= 11 is 0. The van der Waals surface area contributed by atoms with Crippen LogP contribution in [0.1, 0.15) is 51.4 Å². The van der Waals surface area contributed by atoms with Crippen LogP contribution in [0.4, 0.5) is 0 Å². The van der Waals surface area contributed by atoms with E-state index in [9.17, 15) is 19.2 Å². The van der Waals surface area contributed by atoms with Gasteiger partial charge in [-0.1, -0.05) is 0 Å². The van der Waals surface area contributed by atoms with E-state index in [2.05, 4.69) is 25.3 Å². The third-order valence-corrected chi connectivity index (χ3v) is 6.40. The Balaban J connectivity index is 0.00000612. The molecule has 0 N–H and O–H groups in total. The van der Waals surface area contributed by atoms with Crippen LogP contribution in [0.15, 0.2) is 25.3 Å². The topological polar surface area (TPSA) is 105 Å². The number of hydrogen-bond acceptors (Lipinski definition) is 8. The van der Waals surface area contributed by atoms with Gasteiger partial charge >= 0.3 is 11.9 Å². The van der Waals surface area contributed by atoms with Crippen LogP contribution in [0, 0.1) is 35.8 Å². The third kappa shape index (κ3) is 14.9. The van der Waals surface area contributed by atoms with Gasteiger partial charge in [-0.25, -0.2) is 9.59 Å². The van der Waals surface area contributed by atoms with Crippen LogP contribution in [0.25, 0.3) is 0 Å². The summed E-state index contributed by atoms with van der Waals surface area (Å²) in [6.45, 7) is 7.83. The van der Waals surface area contributed by atoms with Crippen LogP contribution in [-0.2, 0) is 104 Å². The van der Waals surface area contributed by atoms with Gasteiger partial charge in [0, 0.05) is 77.6 Å². The molecule has 8 nitrogen and oxygen atoms in total. The summed E-state index contributed by atoms with van der Waals surface area (Å²) in [6.07, 6.45) is 13.7. The van der Waals surface area contributed by atoms with Crippen LogP contribution < -0.4 is 0 Å². The van der Waals surface area contributed by atoms with Crippen LogP contribution in [0.5, 0.6) is 0 Å². The predicted molar refractivity (Wildman–Crippen MR) is 122 cm³/mol. The van der Waals surface area contributed by atoms with E-state index < -0.39 is 23.9 Å². The molecule has 2 fully saturated rings. The summed E-state index contributed by atoms with van der Waals surface area (Å²) in [4.78, 5) is 46.0. The second-order valence-electron chi connectivity index (χ2n) is 8.92. The van der Waals surface area contributed by atoms with Crippen molar-refractivity contribution in [2.45, 2.75) is 51.4 Å². The first-order valence-electron chi connectivity index (χ1n) is 11.8. The van der Waals surface area contributed by atoms with Crippen LogP contribution in [-0.4, -0.2) is 50.3 Å².